The molecule has 4 nitrogen and oxygen atoms in total. The van der Waals surface area contributed by atoms with Gasteiger partial charge in [0.05, 0.1) is 6.26 Å². The number of rotatable bonds is 3. The maximum Gasteiger partial charge on any atom is 0.160 e. The summed E-state index contributed by atoms with van der Waals surface area (Å²) in [6, 6.07) is 7.76. The van der Waals surface area contributed by atoms with Crippen LogP contribution < -0.4 is 0 Å². The SMILES string of the molecule is Brc1ccc2nnc(CCc3ccco3)n2c1. The molecule has 3 rings (SSSR count). The zero-order valence-corrected chi connectivity index (χ0v) is 10.6. The van der Waals surface area contributed by atoms with E-state index >= 15 is 0 Å². The smallest absolute Gasteiger partial charge is 0.160 e. The standard InChI is InChI=1S/C12H10BrN3O/c13-9-3-5-11-14-15-12(16(11)8-9)6-4-10-2-1-7-17-10/h1-3,5,7-8H,4,6H2. The molecular weight excluding hydrogens is 282 g/mol. The van der Waals surface area contributed by atoms with Crippen molar-refractivity contribution in [2.75, 3.05) is 0 Å². The van der Waals surface area contributed by atoms with Crippen LogP contribution in [0.4, 0.5) is 0 Å². The molecule has 3 aromatic rings. The first kappa shape index (κ1) is 10.5. The summed E-state index contributed by atoms with van der Waals surface area (Å²) in [6.45, 7) is 0. The molecule has 0 radical (unpaired) electrons. The van der Waals surface area contributed by atoms with Crippen LogP contribution in [-0.2, 0) is 12.8 Å². The van der Waals surface area contributed by atoms with Crippen LogP contribution in [-0.4, -0.2) is 14.6 Å². The van der Waals surface area contributed by atoms with Crippen molar-refractivity contribution in [3.63, 3.8) is 0 Å². The quantitative estimate of drug-likeness (QED) is 0.745. The topological polar surface area (TPSA) is 43.3 Å². The van der Waals surface area contributed by atoms with Gasteiger partial charge in [-0.2, -0.15) is 0 Å². The van der Waals surface area contributed by atoms with Gasteiger partial charge < -0.3 is 4.42 Å². The molecule has 3 heterocycles. The molecule has 0 N–H and O–H groups in total. The highest BCUT2D eigenvalue weighted by Gasteiger charge is 2.06. The maximum atomic E-state index is 5.30. The fourth-order valence-corrected chi connectivity index (χ4v) is 2.11. The van der Waals surface area contributed by atoms with E-state index in [4.69, 9.17) is 4.42 Å². The lowest BCUT2D eigenvalue weighted by atomic mass is 10.2. The van der Waals surface area contributed by atoms with Gasteiger partial charge in [-0.3, -0.25) is 4.40 Å². The van der Waals surface area contributed by atoms with Gasteiger partial charge in [-0.25, -0.2) is 0 Å². The summed E-state index contributed by atoms with van der Waals surface area (Å²) in [5.74, 6) is 1.91. The van der Waals surface area contributed by atoms with Crippen molar-refractivity contribution in [3.05, 3.63) is 52.8 Å². The summed E-state index contributed by atoms with van der Waals surface area (Å²) in [4.78, 5) is 0. The van der Waals surface area contributed by atoms with Gasteiger partial charge in [0, 0.05) is 23.5 Å². The lowest BCUT2D eigenvalue weighted by Crippen LogP contribution is -1.97. The lowest BCUT2D eigenvalue weighted by Gasteiger charge is -1.99. The third-order valence-corrected chi connectivity index (χ3v) is 3.08. The number of hydrogen-bond donors (Lipinski definition) is 0. The molecule has 0 bridgehead atoms. The van der Waals surface area contributed by atoms with Crippen molar-refractivity contribution in [2.24, 2.45) is 0 Å². The van der Waals surface area contributed by atoms with Gasteiger partial charge in [0.1, 0.15) is 11.6 Å². The number of nitrogens with zero attached hydrogens (tertiary/aromatic N) is 3. The average Bonchev–Trinajstić information content (AvgIpc) is 2.94. The molecule has 0 aliphatic rings. The van der Waals surface area contributed by atoms with E-state index < -0.39 is 0 Å². The maximum absolute atomic E-state index is 5.30. The third-order valence-electron chi connectivity index (χ3n) is 2.61. The molecule has 0 fully saturated rings. The minimum absolute atomic E-state index is 0.811. The Kier molecular flexibility index (Phi) is 2.68. The molecule has 17 heavy (non-hydrogen) atoms. The Morgan fingerprint density at radius 1 is 1.18 bits per heavy atom. The summed E-state index contributed by atoms with van der Waals surface area (Å²) in [5.41, 5.74) is 0.864. The van der Waals surface area contributed by atoms with Crippen molar-refractivity contribution in [3.8, 4) is 0 Å². The minimum Gasteiger partial charge on any atom is -0.469 e. The zero-order chi connectivity index (χ0) is 11.7. The Bertz CT molecular complexity index is 630. The summed E-state index contributed by atoms with van der Waals surface area (Å²) in [7, 11) is 0. The van der Waals surface area contributed by atoms with E-state index in [1.54, 1.807) is 6.26 Å². The van der Waals surface area contributed by atoms with E-state index in [1.807, 2.05) is 34.9 Å². The van der Waals surface area contributed by atoms with Crippen molar-refractivity contribution >= 4 is 21.6 Å². The van der Waals surface area contributed by atoms with Gasteiger partial charge >= 0.3 is 0 Å². The Hall–Kier alpha value is -1.62. The van der Waals surface area contributed by atoms with Crippen LogP contribution in [0, 0.1) is 0 Å². The van der Waals surface area contributed by atoms with Crippen molar-refractivity contribution in [2.45, 2.75) is 12.8 Å². The normalized spacial score (nSPS) is 11.1. The lowest BCUT2D eigenvalue weighted by molar-refractivity contribution is 0.506. The van der Waals surface area contributed by atoms with Crippen LogP contribution in [0.3, 0.4) is 0 Å². The predicted octanol–water partition coefficient (Wildman–Crippen LogP) is 2.87. The summed E-state index contributed by atoms with van der Waals surface area (Å²) in [6.07, 6.45) is 5.31. The third kappa shape index (κ3) is 2.10. The molecule has 0 aliphatic heterocycles. The predicted molar refractivity (Wildman–Crippen MR) is 66.8 cm³/mol. The Labute approximate surface area is 106 Å². The van der Waals surface area contributed by atoms with E-state index in [0.717, 1.165) is 34.5 Å². The van der Waals surface area contributed by atoms with E-state index in [9.17, 15) is 0 Å². The van der Waals surface area contributed by atoms with Gasteiger partial charge in [-0.1, -0.05) is 0 Å². The van der Waals surface area contributed by atoms with Crippen molar-refractivity contribution in [1.82, 2.24) is 14.6 Å². The number of aryl methyl sites for hydroxylation is 2. The van der Waals surface area contributed by atoms with Crippen LogP contribution in [0.15, 0.2) is 45.6 Å². The van der Waals surface area contributed by atoms with Crippen LogP contribution in [0.1, 0.15) is 11.6 Å². The Morgan fingerprint density at radius 2 is 2.12 bits per heavy atom. The molecule has 3 aromatic heterocycles. The minimum atomic E-state index is 0.811. The number of halogens is 1. The zero-order valence-electron chi connectivity index (χ0n) is 9.01. The summed E-state index contributed by atoms with van der Waals surface area (Å²) < 4.78 is 8.31. The molecule has 0 spiro atoms. The highest BCUT2D eigenvalue weighted by Crippen LogP contribution is 2.13. The number of fused-ring (bicyclic) bond motifs is 1. The molecule has 0 unspecified atom stereocenters. The second kappa shape index (κ2) is 4.33. The largest absolute Gasteiger partial charge is 0.469 e. The van der Waals surface area contributed by atoms with Crippen LogP contribution >= 0.6 is 15.9 Å². The second-order valence-corrected chi connectivity index (χ2v) is 4.69. The van der Waals surface area contributed by atoms with Crippen LogP contribution in [0.5, 0.6) is 0 Å². The van der Waals surface area contributed by atoms with Crippen molar-refractivity contribution < 1.29 is 4.42 Å². The molecule has 0 amide bonds. The van der Waals surface area contributed by atoms with E-state index in [-0.39, 0.29) is 0 Å². The molecule has 0 saturated carbocycles. The number of hydrogen-bond acceptors (Lipinski definition) is 3. The van der Waals surface area contributed by atoms with Crippen LogP contribution in [0.25, 0.3) is 5.65 Å². The van der Waals surface area contributed by atoms with E-state index in [2.05, 4.69) is 26.1 Å². The van der Waals surface area contributed by atoms with Gasteiger partial charge in [0.25, 0.3) is 0 Å². The molecule has 0 aliphatic carbocycles. The fraction of sp³-hybridized carbons (Fsp3) is 0.167. The molecule has 0 atom stereocenters. The monoisotopic (exact) mass is 291 g/mol. The molecule has 0 saturated heterocycles. The number of furan rings is 1. The Balaban J connectivity index is 1.87. The van der Waals surface area contributed by atoms with Gasteiger partial charge in [0.2, 0.25) is 0 Å². The molecule has 86 valence electrons. The molecule has 0 aromatic carbocycles. The number of aromatic nitrogens is 3. The number of pyridine rings is 1. The van der Waals surface area contributed by atoms with Gasteiger partial charge in [-0.15, -0.1) is 10.2 Å². The van der Waals surface area contributed by atoms with Gasteiger partial charge in [-0.05, 0) is 40.2 Å². The van der Waals surface area contributed by atoms with E-state index in [1.165, 1.54) is 0 Å². The first-order valence-corrected chi connectivity index (χ1v) is 6.14. The molecular formula is C12H10BrN3O. The van der Waals surface area contributed by atoms with Crippen LogP contribution in [0.2, 0.25) is 0 Å². The fourth-order valence-electron chi connectivity index (χ4n) is 1.77. The average molecular weight is 292 g/mol. The Morgan fingerprint density at radius 3 is 2.94 bits per heavy atom. The second-order valence-electron chi connectivity index (χ2n) is 3.77. The summed E-state index contributed by atoms with van der Waals surface area (Å²) in [5, 5.41) is 8.31. The summed E-state index contributed by atoms with van der Waals surface area (Å²) >= 11 is 3.45. The first-order chi connectivity index (χ1) is 8.33. The van der Waals surface area contributed by atoms with Gasteiger partial charge in [0.15, 0.2) is 5.65 Å². The highest BCUT2D eigenvalue weighted by molar-refractivity contribution is 9.10. The highest BCUT2D eigenvalue weighted by atomic mass is 79.9. The van der Waals surface area contributed by atoms with E-state index in [0.29, 0.717) is 0 Å². The molecule has 5 heteroatoms. The first-order valence-electron chi connectivity index (χ1n) is 5.34. The van der Waals surface area contributed by atoms with Crippen molar-refractivity contribution in [1.29, 1.82) is 0 Å².